The van der Waals surface area contributed by atoms with Gasteiger partial charge in [-0.1, -0.05) is 6.92 Å². The maximum atomic E-state index is 12.4. The predicted octanol–water partition coefficient (Wildman–Crippen LogP) is -0.214. The molecule has 1 rings (SSSR count). The zero-order chi connectivity index (χ0) is 13.6. The summed E-state index contributed by atoms with van der Waals surface area (Å²) in [5.74, 6) is 0. The second-order valence-electron chi connectivity index (χ2n) is 3.74. The van der Waals surface area contributed by atoms with E-state index in [1.54, 1.807) is 21.1 Å². The molecule has 1 heterocycles. The summed E-state index contributed by atoms with van der Waals surface area (Å²) in [5, 5.41) is 9.43. The Hall–Kier alpha value is -0.960. The lowest BCUT2D eigenvalue weighted by molar-refractivity contribution is 0.180. The lowest BCUT2D eigenvalue weighted by Gasteiger charge is -2.19. The van der Waals surface area contributed by atoms with Crippen molar-refractivity contribution in [2.45, 2.75) is 18.5 Å². The molecule has 0 aliphatic heterocycles. The summed E-state index contributed by atoms with van der Waals surface area (Å²) in [5.41, 5.74) is 0.633. The quantitative estimate of drug-likeness (QED) is 0.686. The Labute approximate surface area is 108 Å². The Morgan fingerprint density at radius 1 is 1.56 bits per heavy atom. The maximum Gasteiger partial charge on any atom is 0.260 e. The summed E-state index contributed by atoms with van der Waals surface area (Å²) in [6.45, 7) is 3.33. The van der Waals surface area contributed by atoms with Crippen molar-refractivity contribution in [2.24, 2.45) is 0 Å². The molecule has 2 N–H and O–H groups in total. The largest absolute Gasteiger partial charge is 0.383 e. The van der Waals surface area contributed by atoms with Crippen LogP contribution in [0.5, 0.6) is 0 Å². The molecule has 0 radical (unpaired) electrons. The predicted molar refractivity (Wildman–Crippen MR) is 67.7 cm³/mol. The second kappa shape index (κ2) is 6.83. The summed E-state index contributed by atoms with van der Waals surface area (Å²) >= 11 is 0. The van der Waals surface area contributed by atoms with E-state index in [-0.39, 0.29) is 5.03 Å². The number of nitrogens with one attached hydrogen (secondary N) is 2. The van der Waals surface area contributed by atoms with Gasteiger partial charge in [0.15, 0.2) is 5.03 Å². The van der Waals surface area contributed by atoms with Crippen molar-refractivity contribution in [1.82, 2.24) is 19.8 Å². The molecule has 8 heteroatoms. The zero-order valence-corrected chi connectivity index (χ0v) is 11.7. The van der Waals surface area contributed by atoms with Gasteiger partial charge in [-0.2, -0.15) is 9.40 Å². The third-order valence-electron chi connectivity index (χ3n) is 2.54. The number of nitrogens with zero attached hydrogens (tertiary/aromatic N) is 2. The van der Waals surface area contributed by atoms with Gasteiger partial charge in [0.25, 0.3) is 10.0 Å². The average Bonchev–Trinajstić information content (AvgIpc) is 2.79. The van der Waals surface area contributed by atoms with Crippen LogP contribution in [0.2, 0.25) is 0 Å². The number of aromatic amines is 1. The minimum atomic E-state index is -3.54. The Balaban J connectivity index is 2.99. The fourth-order valence-electron chi connectivity index (χ4n) is 1.61. The highest BCUT2D eigenvalue weighted by Crippen LogP contribution is 2.17. The number of H-pyrrole nitrogens is 1. The lowest BCUT2D eigenvalue weighted by Crippen LogP contribution is -2.34. The number of rotatable bonds is 8. The van der Waals surface area contributed by atoms with E-state index in [1.165, 1.54) is 10.5 Å². The Kier molecular flexibility index (Phi) is 5.73. The minimum Gasteiger partial charge on any atom is -0.383 e. The highest BCUT2D eigenvalue weighted by Gasteiger charge is 2.27. The molecule has 0 aromatic carbocycles. The van der Waals surface area contributed by atoms with Crippen molar-refractivity contribution in [3.8, 4) is 0 Å². The number of hydrogen-bond acceptors (Lipinski definition) is 5. The van der Waals surface area contributed by atoms with E-state index in [1.807, 2.05) is 0 Å². The first-order chi connectivity index (χ1) is 8.57. The van der Waals surface area contributed by atoms with Crippen LogP contribution in [0.3, 0.4) is 0 Å². The van der Waals surface area contributed by atoms with Gasteiger partial charge in [0.1, 0.15) is 0 Å². The smallest absolute Gasteiger partial charge is 0.260 e. The molecule has 0 saturated heterocycles. The van der Waals surface area contributed by atoms with E-state index in [9.17, 15) is 8.42 Å². The van der Waals surface area contributed by atoms with E-state index < -0.39 is 10.0 Å². The van der Waals surface area contributed by atoms with Crippen molar-refractivity contribution in [3.63, 3.8) is 0 Å². The van der Waals surface area contributed by atoms with Gasteiger partial charge in [-0.15, -0.1) is 0 Å². The SMILES string of the molecule is CCN(CCOC)S(=O)(=O)c1[nH]ncc1CNC. The maximum absolute atomic E-state index is 12.4. The molecule has 0 spiro atoms. The van der Waals surface area contributed by atoms with E-state index in [2.05, 4.69) is 15.5 Å². The zero-order valence-electron chi connectivity index (χ0n) is 10.9. The van der Waals surface area contributed by atoms with Gasteiger partial charge >= 0.3 is 0 Å². The van der Waals surface area contributed by atoms with Crippen LogP contribution in [-0.4, -0.2) is 56.8 Å². The lowest BCUT2D eigenvalue weighted by atomic mass is 10.4. The van der Waals surface area contributed by atoms with Gasteiger partial charge in [-0.05, 0) is 7.05 Å². The molecule has 0 fully saturated rings. The molecule has 1 aromatic rings. The minimum absolute atomic E-state index is 0.148. The third-order valence-corrected chi connectivity index (χ3v) is 4.53. The summed E-state index contributed by atoms with van der Waals surface area (Å²) in [4.78, 5) is 0. The number of sulfonamides is 1. The van der Waals surface area contributed by atoms with Crippen molar-refractivity contribution in [2.75, 3.05) is 33.9 Å². The average molecular weight is 276 g/mol. The number of hydrogen-bond donors (Lipinski definition) is 2. The monoisotopic (exact) mass is 276 g/mol. The summed E-state index contributed by atoms with van der Waals surface area (Å²) in [7, 11) is -0.237. The van der Waals surface area contributed by atoms with Crippen LogP contribution < -0.4 is 5.32 Å². The molecule has 18 heavy (non-hydrogen) atoms. The van der Waals surface area contributed by atoms with Gasteiger partial charge in [-0.3, -0.25) is 5.10 Å². The molecule has 0 bridgehead atoms. The third kappa shape index (κ3) is 3.29. The molecule has 0 amide bonds. The van der Waals surface area contributed by atoms with Gasteiger partial charge in [-0.25, -0.2) is 8.42 Å². The standard InChI is InChI=1S/C10H20N4O3S/c1-4-14(5-6-17-3)18(15,16)10-9(7-11-2)8-12-13-10/h8,11H,4-7H2,1-3H3,(H,12,13). The van der Waals surface area contributed by atoms with Gasteiger partial charge in [0.05, 0.1) is 12.8 Å². The number of methoxy groups -OCH3 is 1. The Morgan fingerprint density at radius 3 is 2.83 bits per heavy atom. The number of aromatic nitrogens is 2. The molecule has 0 aliphatic rings. The Morgan fingerprint density at radius 2 is 2.28 bits per heavy atom. The molecule has 0 saturated carbocycles. The van der Waals surface area contributed by atoms with Crippen molar-refractivity contribution >= 4 is 10.0 Å². The fourth-order valence-corrected chi connectivity index (χ4v) is 3.15. The van der Waals surface area contributed by atoms with Gasteiger partial charge < -0.3 is 10.1 Å². The highest BCUT2D eigenvalue weighted by atomic mass is 32.2. The second-order valence-corrected chi connectivity index (χ2v) is 5.62. The van der Waals surface area contributed by atoms with Crippen molar-refractivity contribution in [1.29, 1.82) is 0 Å². The Bertz CT molecular complexity index is 457. The molecular formula is C10H20N4O3S. The van der Waals surface area contributed by atoms with E-state index >= 15 is 0 Å². The van der Waals surface area contributed by atoms with Crippen LogP contribution in [-0.2, 0) is 21.3 Å². The molecule has 7 nitrogen and oxygen atoms in total. The molecule has 104 valence electrons. The topological polar surface area (TPSA) is 87.3 Å². The van der Waals surface area contributed by atoms with Crippen molar-refractivity contribution in [3.05, 3.63) is 11.8 Å². The first-order valence-electron chi connectivity index (χ1n) is 5.73. The van der Waals surface area contributed by atoms with Crippen LogP contribution in [0.25, 0.3) is 0 Å². The van der Waals surface area contributed by atoms with Crippen LogP contribution in [0, 0.1) is 0 Å². The van der Waals surface area contributed by atoms with Crippen LogP contribution in [0.4, 0.5) is 0 Å². The van der Waals surface area contributed by atoms with Crippen LogP contribution >= 0.6 is 0 Å². The molecule has 0 atom stereocenters. The van der Waals surface area contributed by atoms with Crippen molar-refractivity contribution < 1.29 is 13.2 Å². The van der Waals surface area contributed by atoms with E-state index in [0.29, 0.717) is 31.8 Å². The van der Waals surface area contributed by atoms with E-state index in [4.69, 9.17) is 4.74 Å². The molecule has 0 aliphatic carbocycles. The highest BCUT2D eigenvalue weighted by molar-refractivity contribution is 7.89. The van der Waals surface area contributed by atoms with Crippen LogP contribution in [0.15, 0.2) is 11.2 Å². The number of ether oxygens (including phenoxy) is 1. The first-order valence-corrected chi connectivity index (χ1v) is 7.17. The molecule has 1 aromatic heterocycles. The summed E-state index contributed by atoms with van der Waals surface area (Å²) in [6.07, 6.45) is 1.52. The fraction of sp³-hybridized carbons (Fsp3) is 0.700. The molecule has 0 unspecified atom stereocenters. The number of likely N-dealkylation sites (N-methyl/N-ethyl adjacent to an activating group) is 1. The van der Waals surface area contributed by atoms with Crippen LogP contribution in [0.1, 0.15) is 12.5 Å². The normalized spacial score (nSPS) is 12.2. The summed E-state index contributed by atoms with van der Waals surface area (Å²) < 4.78 is 31.1. The molecular weight excluding hydrogens is 256 g/mol. The van der Waals surface area contributed by atoms with Gasteiger partial charge in [0, 0.05) is 32.3 Å². The van der Waals surface area contributed by atoms with E-state index in [0.717, 1.165) is 0 Å². The first kappa shape index (κ1) is 15.1. The van der Waals surface area contributed by atoms with Gasteiger partial charge in [0.2, 0.25) is 0 Å². The summed E-state index contributed by atoms with van der Waals surface area (Å²) in [6, 6.07) is 0.